The van der Waals surface area contributed by atoms with Gasteiger partial charge >= 0.3 is 6.18 Å². The van der Waals surface area contributed by atoms with Crippen molar-refractivity contribution in [3.63, 3.8) is 0 Å². The van der Waals surface area contributed by atoms with Crippen molar-refractivity contribution in [1.29, 1.82) is 5.26 Å². The largest absolute Gasteiger partial charge is 0.405 e. The quantitative estimate of drug-likeness (QED) is 0.901. The zero-order valence-corrected chi connectivity index (χ0v) is 8.98. The Morgan fingerprint density at radius 2 is 2.00 bits per heavy atom. The minimum Gasteiger partial charge on any atom is -0.376 e. The van der Waals surface area contributed by atoms with Crippen molar-refractivity contribution in [3.05, 3.63) is 28.2 Å². The number of halogens is 4. The summed E-state index contributed by atoms with van der Waals surface area (Å²) in [6.45, 7) is -1.12. The molecule has 0 aliphatic heterocycles. The minimum absolute atomic E-state index is 0.262. The fraction of sp³-hybridized carbons (Fsp3) is 0.222. The molecule has 80 valence electrons. The second kappa shape index (κ2) is 4.53. The number of benzene rings is 1. The van der Waals surface area contributed by atoms with Gasteiger partial charge in [0.15, 0.2) is 0 Å². The van der Waals surface area contributed by atoms with E-state index in [9.17, 15) is 13.2 Å². The molecule has 0 radical (unpaired) electrons. The summed E-state index contributed by atoms with van der Waals surface area (Å²) in [7, 11) is 0. The first-order chi connectivity index (χ1) is 6.90. The molecule has 0 spiro atoms. The highest BCUT2D eigenvalue weighted by Gasteiger charge is 2.26. The van der Waals surface area contributed by atoms with Gasteiger partial charge < -0.3 is 5.32 Å². The van der Waals surface area contributed by atoms with Crippen LogP contribution in [0.2, 0.25) is 0 Å². The van der Waals surface area contributed by atoms with Gasteiger partial charge in [0, 0.05) is 10.2 Å². The first-order valence-electron chi connectivity index (χ1n) is 3.92. The third-order valence-electron chi connectivity index (χ3n) is 1.52. The van der Waals surface area contributed by atoms with Crippen molar-refractivity contribution in [1.82, 2.24) is 0 Å². The Morgan fingerprint density at radius 1 is 1.33 bits per heavy atom. The second-order valence-corrected chi connectivity index (χ2v) is 3.72. The van der Waals surface area contributed by atoms with Crippen LogP contribution >= 0.6 is 15.9 Å². The molecular weight excluding hydrogens is 273 g/mol. The zero-order chi connectivity index (χ0) is 11.5. The Morgan fingerprint density at radius 3 is 2.53 bits per heavy atom. The summed E-state index contributed by atoms with van der Waals surface area (Å²) in [5.41, 5.74) is 0.562. The van der Waals surface area contributed by atoms with Gasteiger partial charge in [-0.2, -0.15) is 18.4 Å². The highest BCUT2D eigenvalue weighted by molar-refractivity contribution is 9.10. The maximum Gasteiger partial charge on any atom is 0.405 e. The van der Waals surface area contributed by atoms with Gasteiger partial charge in [-0.05, 0) is 18.2 Å². The standard InChI is InChI=1S/C9H6BrF3N2/c10-7-1-6(4-14)2-8(3-7)15-5-9(11,12)13/h1-3,15H,5H2. The molecule has 6 heteroatoms. The monoisotopic (exact) mass is 278 g/mol. The summed E-state index contributed by atoms with van der Waals surface area (Å²) >= 11 is 3.10. The van der Waals surface area contributed by atoms with Gasteiger partial charge in [-0.25, -0.2) is 0 Å². The van der Waals surface area contributed by atoms with Crippen LogP contribution in [0, 0.1) is 11.3 Å². The SMILES string of the molecule is N#Cc1cc(Br)cc(NCC(F)(F)F)c1. The summed E-state index contributed by atoms with van der Waals surface area (Å²) < 4.78 is 36.2. The van der Waals surface area contributed by atoms with E-state index in [-0.39, 0.29) is 5.69 Å². The van der Waals surface area contributed by atoms with E-state index in [0.29, 0.717) is 10.0 Å². The lowest BCUT2D eigenvalue weighted by Crippen LogP contribution is -2.21. The van der Waals surface area contributed by atoms with Crippen LogP contribution in [0.4, 0.5) is 18.9 Å². The molecule has 0 heterocycles. The molecule has 2 nitrogen and oxygen atoms in total. The highest BCUT2D eigenvalue weighted by atomic mass is 79.9. The molecule has 1 N–H and O–H groups in total. The van der Waals surface area contributed by atoms with Crippen LogP contribution in [0.1, 0.15) is 5.56 Å². The van der Waals surface area contributed by atoms with Gasteiger partial charge in [-0.15, -0.1) is 0 Å². The molecule has 0 saturated carbocycles. The van der Waals surface area contributed by atoms with Crippen molar-refractivity contribution in [2.45, 2.75) is 6.18 Å². The number of nitrogens with zero attached hydrogens (tertiary/aromatic N) is 1. The van der Waals surface area contributed by atoms with Crippen LogP contribution in [-0.4, -0.2) is 12.7 Å². The Kier molecular flexibility index (Phi) is 3.58. The zero-order valence-electron chi connectivity index (χ0n) is 7.40. The van der Waals surface area contributed by atoms with E-state index in [4.69, 9.17) is 5.26 Å². The molecular formula is C9H6BrF3N2. The summed E-state index contributed by atoms with van der Waals surface area (Å²) in [6, 6.07) is 6.22. The highest BCUT2D eigenvalue weighted by Crippen LogP contribution is 2.21. The fourth-order valence-electron chi connectivity index (χ4n) is 0.959. The smallest absolute Gasteiger partial charge is 0.376 e. The lowest BCUT2D eigenvalue weighted by Gasteiger charge is -2.09. The number of nitrogens with one attached hydrogen (secondary N) is 1. The maximum atomic E-state index is 11.9. The Labute approximate surface area is 92.8 Å². The third kappa shape index (κ3) is 4.21. The van der Waals surface area contributed by atoms with Gasteiger partial charge in [0.1, 0.15) is 6.54 Å². The van der Waals surface area contributed by atoms with Crippen molar-refractivity contribution in [2.75, 3.05) is 11.9 Å². The van der Waals surface area contributed by atoms with Crippen molar-refractivity contribution >= 4 is 21.6 Å². The van der Waals surface area contributed by atoms with Gasteiger partial charge in [-0.1, -0.05) is 15.9 Å². The molecule has 0 aliphatic rings. The van der Waals surface area contributed by atoms with Crippen LogP contribution < -0.4 is 5.32 Å². The Bertz CT molecular complexity index is 395. The van der Waals surface area contributed by atoms with Crippen LogP contribution in [0.25, 0.3) is 0 Å². The average molecular weight is 279 g/mol. The molecule has 15 heavy (non-hydrogen) atoms. The van der Waals surface area contributed by atoms with E-state index in [2.05, 4.69) is 21.2 Å². The maximum absolute atomic E-state index is 11.9. The summed E-state index contributed by atoms with van der Waals surface area (Å²) in [6.07, 6.45) is -4.27. The van der Waals surface area contributed by atoms with Crippen LogP contribution in [0.15, 0.2) is 22.7 Å². The Balaban J connectivity index is 2.78. The van der Waals surface area contributed by atoms with Crippen molar-refractivity contribution in [3.8, 4) is 6.07 Å². The number of nitriles is 1. The summed E-state index contributed by atoms with van der Waals surface area (Å²) in [5, 5.41) is 10.8. The lowest BCUT2D eigenvalue weighted by atomic mass is 10.2. The molecule has 0 aromatic heterocycles. The lowest BCUT2D eigenvalue weighted by molar-refractivity contribution is -0.115. The molecule has 0 fully saturated rings. The number of rotatable bonds is 2. The summed E-state index contributed by atoms with van der Waals surface area (Å²) in [4.78, 5) is 0. The van der Waals surface area contributed by atoms with Crippen molar-refractivity contribution in [2.24, 2.45) is 0 Å². The molecule has 0 unspecified atom stereocenters. The predicted octanol–water partition coefficient (Wildman–Crippen LogP) is 3.29. The van der Waals surface area contributed by atoms with E-state index in [1.165, 1.54) is 18.2 Å². The molecule has 0 saturated heterocycles. The molecule has 1 aromatic carbocycles. The molecule has 1 aromatic rings. The van der Waals surface area contributed by atoms with Crippen molar-refractivity contribution < 1.29 is 13.2 Å². The number of hydrogen-bond donors (Lipinski definition) is 1. The molecule has 1 rings (SSSR count). The average Bonchev–Trinajstić information content (AvgIpc) is 2.13. The van der Waals surface area contributed by atoms with Crippen LogP contribution in [0.5, 0.6) is 0 Å². The van der Waals surface area contributed by atoms with Crippen LogP contribution in [-0.2, 0) is 0 Å². The van der Waals surface area contributed by atoms with E-state index < -0.39 is 12.7 Å². The molecule has 0 bridgehead atoms. The van der Waals surface area contributed by atoms with E-state index in [0.717, 1.165) is 0 Å². The number of anilines is 1. The summed E-state index contributed by atoms with van der Waals surface area (Å²) in [5.74, 6) is 0. The molecule has 0 atom stereocenters. The minimum atomic E-state index is -4.27. The Hall–Kier alpha value is -1.22. The topological polar surface area (TPSA) is 35.8 Å². The van der Waals surface area contributed by atoms with Crippen LogP contribution in [0.3, 0.4) is 0 Å². The number of alkyl halides is 3. The van der Waals surface area contributed by atoms with Gasteiger partial charge in [0.2, 0.25) is 0 Å². The van der Waals surface area contributed by atoms with Gasteiger partial charge in [0.25, 0.3) is 0 Å². The number of hydrogen-bond acceptors (Lipinski definition) is 2. The van der Waals surface area contributed by atoms with Gasteiger partial charge in [-0.3, -0.25) is 0 Å². The third-order valence-corrected chi connectivity index (χ3v) is 1.98. The predicted molar refractivity (Wildman–Crippen MR) is 53.4 cm³/mol. The van der Waals surface area contributed by atoms with E-state index in [1.807, 2.05) is 6.07 Å². The van der Waals surface area contributed by atoms with Gasteiger partial charge in [0.05, 0.1) is 11.6 Å². The van der Waals surface area contributed by atoms with E-state index >= 15 is 0 Å². The molecule has 0 amide bonds. The fourth-order valence-corrected chi connectivity index (χ4v) is 1.45. The first-order valence-corrected chi connectivity index (χ1v) is 4.71. The van der Waals surface area contributed by atoms with E-state index in [1.54, 1.807) is 0 Å². The normalized spacial score (nSPS) is 10.9. The first kappa shape index (κ1) is 11.9. The molecule has 0 aliphatic carbocycles. The second-order valence-electron chi connectivity index (χ2n) is 2.81.